The van der Waals surface area contributed by atoms with E-state index >= 15 is 4.39 Å². The molecule has 3 heterocycles. The Hall–Kier alpha value is -3.74. The van der Waals surface area contributed by atoms with Crippen LogP contribution < -0.4 is 11.1 Å². The molecule has 0 aliphatic carbocycles. The molecule has 158 valence electrons. The van der Waals surface area contributed by atoms with E-state index in [-0.39, 0.29) is 18.5 Å². The lowest BCUT2D eigenvalue weighted by atomic mass is 10.1. The van der Waals surface area contributed by atoms with E-state index in [2.05, 4.69) is 4.98 Å². The number of primary amides is 1. The Labute approximate surface area is 168 Å². The summed E-state index contributed by atoms with van der Waals surface area (Å²) in [6.45, 7) is -0.224. The fraction of sp³-hybridized carbons (Fsp3) is 0.118. The number of amides is 2. The van der Waals surface area contributed by atoms with Crippen molar-refractivity contribution in [3.05, 3.63) is 59.7 Å². The zero-order valence-corrected chi connectivity index (χ0v) is 15.8. The minimum absolute atomic E-state index is 0.202. The predicted molar refractivity (Wildman–Crippen MR) is 97.1 cm³/mol. The zero-order valence-electron chi connectivity index (χ0n) is 15.0. The van der Waals surface area contributed by atoms with Crippen LogP contribution in [0.25, 0.3) is 11.3 Å². The molecule has 0 fully saturated rings. The standard InChI is InChI=1S/C17H14F2N4O6S/c18-13-9(5-7-22-17(25)26)8-23(14(13)10-2-1-6-21-15(10)19)30(27,28)12-4-3-11(29-12)16(20)24/h1-4,6,8,22H,5,7H2,(H2,20,24)(H,25,26). The number of rotatable bonds is 7. The Balaban J connectivity index is 2.17. The number of hydrogen-bond donors (Lipinski definition) is 3. The highest BCUT2D eigenvalue weighted by Gasteiger charge is 2.30. The van der Waals surface area contributed by atoms with Crippen LogP contribution in [0.4, 0.5) is 13.6 Å². The van der Waals surface area contributed by atoms with Gasteiger partial charge in [-0.15, -0.1) is 0 Å². The van der Waals surface area contributed by atoms with Gasteiger partial charge in [-0.1, -0.05) is 0 Å². The van der Waals surface area contributed by atoms with Gasteiger partial charge in [-0.25, -0.2) is 18.1 Å². The second-order valence-electron chi connectivity index (χ2n) is 5.92. The summed E-state index contributed by atoms with van der Waals surface area (Å²) in [5.74, 6) is -3.67. The van der Waals surface area contributed by atoms with Crippen LogP contribution >= 0.6 is 0 Å². The number of nitrogens with two attached hydrogens (primary N) is 1. The van der Waals surface area contributed by atoms with Gasteiger partial charge >= 0.3 is 16.1 Å². The summed E-state index contributed by atoms with van der Waals surface area (Å²) in [6, 6.07) is 4.38. The molecule has 0 aliphatic heterocycles. The maximum atomic E-state index is 15.1. The van der Waals surface area contributed by atoms with E-state index in [1.165, 1.54) is 6.07 Å². The Morgan fingerprint density at radius 2 is 2.00 bits per heavy atom. The average molecular weight is 440 g/mol. The van der Waals surface area contributed by atoms with Crippen molar-refractivity contribution in [2.24, 2.45) is 5.73 Å². The summed E-state index contributed by atoms with van der Waals surface area (Å²) in [4.78, 5) is 25.2. The topological polar surface area (TPSA) is 158 Å². The third-order valence-electron chi connectivity index (χ3n) is 4.01. The van der Waals surface area contributed by atoms with Crippen molar-refractivity contribution in [3.8, 4) is 11.3 Å². The molecule has 0 saturated heterocycles. The molecule has 3 aromatic rings. The van der Waals surface area contributed by atoms with Gasteiger partial charge in [-0.3, -0.25) is 4.79 Å². The molecular formula is C17H14F2N4O6S. The molecule has 30 heavy (non-hydrogen) atoms. The molecular weight excluding hydrogens is 426 g/mol. The van der Waals surface area contributed by atoms with E-state index in [1.807, 2.05) is 5.32 Å². The molecule has 0 radical (unpaired) electrons. The first-order valence-electron chi connectivity index (χ1n) is 8.25. The fourth-order valence-electron chi connectivity index (χ4n) is 2.67. The van der Waals surface area contributed by atoms with Crippen molar-refractivity contribution in [1.82, 2.24) is 14.3 Å². The van der Waals surface area contributed by atoms with Crippen molar-refractivity contribution in [1.29, 1.82) is 0 Å². The minimum Gasteiger partial charge on any atom is -0.465 e. The lowest BCUT2D eigenvalue weighted by molar-refractivity contribution is 0.0968. The first kappa shape index (κ1) is 21.0. The zero-order chi connectivity index (χ0) is 22.1. The molecule has 10 nitrogen and oxygen atoms in total. The summed E-state index contributed by atoms with van der Waals surface area (Å²) in [5.41, 5.74) is 3.74. The minimum atomic E-state index is -4.62. The normalized spacial score (nSPS) is 11.4. The SMILES string of the molecule is NC(=O)c1ccc(S(=O)(=O)n2cc(CCNC(=O)O)c(F)c2-c2cccnc2F)o1. The Morgan fingerprint density at radius 3 is 2.60 bits per heavy atom. The monoisotopic (exact) mass is 440 g/mol. The number of halogens is 2. The van der Waals surface area contributed by atoms with E-state index in [4.69, 9.17) is 15.3 Å². The third kappa shape index (κ3) is 3.87. The second-order valence-corrected chi connectivity index (χ2v) is 7.67. The van der Waals surface area contributed by atoms with Crippen molar-refractivity contribution in [2.45, 2.75) is 11.5 Å². The smallest absolute Gasteiger partial charge is 0.404 e. The number of carbonyl (C=O) groups is 2. The van der Waals surface area contributed by atoms with Gasteiger partial charge in [0.1, 0.15) is 5.69 Å². The van der Waals surface area contributed by atoms with E-state index in [0.29, 0.717) is 3.97 Å². The summed E-state index contributed by atoms with van der Waals surface area (Å²) in [7, 11) is -4.62. The first-order chi connectivity index (χ1) is 14.1. The highest BCUT2D eigenvalue weighted by atomic mass is 32.2. The molecule has 13 heteroatoms. The van der Waals surface area contributed by atoms with Crippen molar-refractivity contribution < 1.29 is 36.3 Å². The molecule has 0 bridgehead atoms. The largest absolute Gasteiger partial charge is 0.465 e. The van der Waals surface area contributed by atoms with Crippen LogP contribution in [0.15, 0.2) is 46.2 Å². The Bertz CT molecular complexity index is 1230. The quantitative estimate of drug-likeness (QED) is 0.471. The molecule has 0 aromatic carbocycles. The lowest BCUT2D eigenvalue weighted by Crippen LogP contribution is -2.23. The number of nitrogens with one attached hydrogen (secondary N) is 1. The molecule has 0 spiro atoms. The molecule has 0 aliphatic rings. The number of furan rings is 1. The number of pyridine rings is 1. The number of aromatic nitrogens is 2. The summed E-state index contributed by atoms with van der Waals surface area (Å²) in [6.07, 6.45) is 0.403. The number of carbonyl (C=O) groups excluding carboxylic acids is 1. The molecule has 2 amide bonds. The van der Waals surface area contributed by atoms with Gasteiger partial charge in [0, 0.05) is 24.5 Å². The van der Waals surface area contributed by atoms with E-state index in [9.17, 15) is 22.4 Å². The van der Waals surface area contributed by atoms with Crippen LogP contribution in [-0.2, 0) is 16.4 Å². The Morgan fingerprint density at radius 1 is 1.27 bits per heavy atom. The molecule has 4 N–H and O–H groups in total. The molecule has 3 aromatic heterocycles. The van der Waals surface area contributed by atoms with Gasteiger partial charge < -0.3 is 20.6 Å². The first-order valence-corrected chi connectivity index (χ1v) is 9.69. The highest BCUT2D eigenvalue weighted by Crippen LogP contribution is 2.32. The third-order valence-corrected chi connectivity index (χ3v) is 5.54. The Kier molecular flexibility index (Phi) is 5.56. The van der Waals surface area contributed by atoms with E-state index in [1.54, 1.807) is 0 Å². The van der Waals surface area contributed by atoms with E-state index < -0.39 is 55.9 Å². The van der Waals surface area contributed by atoms with Gasteiger partial charge in [0.2, 0.25) is 11.0 Å². The summed E-state index contributed by atoms with van der Waals surface area (Å²) in [5, 5.41) is 9.94. The van der Waals surface area contributed by atoms with Crippen LogP contribution in [0, 0.1) is 11.8 Å². The van der Waals surface area contributed by atoms with Crippen LogP contribution in [-0.4, -0.2) is 41.0 Å². The van der Waals surface area contributed by atoms with Crippen molar-refractivity contribution >= 4 is 22.0 Å². The van der Waals surface area contributed by atoms with Crippen LogP contribution in [0.3, 0.4) is 0 Å². The van der Waals surface area contributed by atoms with E-state index in [0.717, 1.165) is 30.6 Å². The summed E-state index contributed by atoms with van der Waals surface area (Å²) >= 11 is 0. The molecule has 0 unspecified atom stereocenters. The van der Waals surface area contributed by atoms with Crippen molar-refractivity contribution in [2.75, 3.05) is 6.54 Å². The highest BCUT2D eigenvalue weighted by molar-refractivity contribution is 7.89. The number of nitrogens with zero attached hydrogens (tertiary/aromatic N) is 2. The average Bonchev–Trinajstić information content (AvgIpc) is 3.29. The second kappa shape index (κ2) is 7.94. The van der Waals surface area contributed by atoms with Crippen molar-refractivity contribution in [3.63, 3.8) is 0 Å². The van der Waals surface area contributed by atoms with Crippen LogP contribution in [0.1, 0.15) is 16.1 Å². The van der Waals surface area contributed by atoms with Gasteiger partial charge in [0.15, 0.2) is 11.6 Å². The maximum absolute atomic E-state index is 15.1. The van der Waals surface area contributed by atoms with Gasteiger partial charge in [0.25, 0.3) is 5.91 Å². The maximum Gasteiger partial charge on any atom is 0.404 e. The fourth-order valence-corrected chi connectivity index (χ4v) is 3.98. The van der Waals surface area contributed by atoms with Gasteiger partial charge in [-0.2, -0.15) is 12.8 Å². The van der Waals surface area contributed by atoms with Crippen LogP contribution in [0.2, 0.25) is 0 Å². The summed E-state index contributed by atoms with van der Waals surface area (Å²) < 4.78 is 60.8. The number of carboxylic acid groups (broad SMARTS) is 1. The van der Waals surface area contributed by atoms with Crippen LogP contribution in [0.5, 0.6) is 0 Å². The lowest BCUT2D eigenvalue weighted by Gasteiger charge is -2.09. The molecule has 0 saturated carbocycles. The number of hydrogen-bond acceptors (Lipinski definition) is 6. The molecule has 0 atom stereocenters. The van der Waals surface area contributed by atoms with Gasteiger partial charge in [-0.05, 0) is 30.7 Å². The molecule has 3 rings (SSSR count). The predicted octanol–water partition coefficient (Wildman–Crippen LogP) is 1.57. The van der Waals surface area contributed by atoms with Gasteiger partial charge in [0.05, 0.1) is 5.56 Å².